The number of hydrogen-bond acceptors (Lipinski definition) is 1. The first kappa shape index (κ1) is 14.1. The molecule has 3 rings (SSSR count). The summed E-state index contributed by atoms with van der Waals surface area (Å²) in [7, 11) is 0. The third-order valence-corrected chi connectivity index (χ3v) is 3.81. The molecule has 1 aromatic heterocycles. The van der Waals surface area contributed by atoms with Crippen LogP contribution in [0.4, 0.5) is 4.39 Å². The Bertz CT molecular complexity index is 821. The van der Waals surface area contributed by atoms with Crippen molar-refractivity contribution in [1.82, 2.24) is 9.55 Å². The first-order chi connectivity index (χ1) is 9.99. The third kappa shape index (κ3) is 2.32. The van der Waals surface area contributed by atoms with Crippen LogP contribution in [0.5, 0.6) is 0 Å². The molecule has 108 valence electrons. The molecular formula is C17H16ClFN2. The number of nitrogens with zero attached hydrogens (tertiary/aromatic N) is 2. The smallest absolute Gasteiger partial charge is 0.151 e. The number of aromatic nitrogens is 2. The van der Waals surface area contributed by atoms with Gasteiger partial charge in [0.1, 0.15) is 11.3 Å². The number of rotatable bonds is 2. The van der Waals surface area contributed by atoms with E-state index in [1.54, 1.807) is 6.07 Å². The normalized spacial score (nSPS) is 12.8. The molecule has 0 aliphatic heterocycles. The van der Waals surface area contributed by atoms with Gasteiger partial charge in [-0.3, -0.25) is 4.57 Å². The van der Waals surface area contributed by atoms with E-state index in [2.05, 4.69) is 11.1 Å². The predicted molar refractivity (Wildman–Crippen MR) is 84.8 cm³/mol. The Kier molecular flexibility index (Phi) is 3.46. The number of hydrogen-bond donors (Lipinski definition) is 0. The van der Waals surface area contributed by atoms with Crippen LogP contribution in [0.25, 0.3) is 16.7 Å². The van der Waals surface area contributed by atoms with Crippen molar-refractivity contribution >= 4 is 22.6 Å². The fourth-order valence-corrected chi connectivity index (χ4v) is 2.81. The van der Waals surface area contributed by atoms with Crippen LogP contribution in [0.2, 0.25) is 0 Å². The SMILES string of the molecule is Cc1ccc(-n2c(C(C)Cl)nc3c(F)cccc32)c(C)c1. The zero-order valence-electron chi connectivity index (χ0n) is 12.2. The molecule has 1 unspecified atom stereocenters. The molecule has 0 fully saturated rings. The van der Waals surface area contributed by atoms with E-state index in [1.807, 2.05) is 43.5 Å². The predicted octanol–water partition coefficient (Wildman–Crippen LogP) is 5.08. The van der Waals surface area contributed by atoms with Crippen LogP contribution >= 0.6 is 11.6 Å². The van der Waals surface area contributed by atoms with Gasteiger partial charge in [-0.1, -0.05) is 23.8 Å². The molecular weight excluding hydrogens is 287 g/mol. The number of para-hydroxylation sites is 1. The van der Waals surface area contributed by atoms with Crippen molar-refractivity contribution in [3.05, 3.63) is 59.2 Å². The third-order valence-electron chi connectivity index (χ3n) is 3.61. The molecule has 3 aromatic rings. The summed E-state index contributed by atoms with van der Waals surface area (Å²) in [5, 5.41) is -0.308. The lowest BCUT2D eigenvalue weighted by molar-refractivity contribution is 0.637. The second-order valence-electron chi connectivity index (χ2n) is 5.32. The first-order valence-corrected chi connectivity index (χ1v) is 7.31. The Labute approximate surface area is 128 Å². The van der Waals surface area contributed by atoms with Gasteiger partial charge in [0.25, 0.3) is 0 Å². The number of imidazole rings is 1. The molecule has 0 N–H and O–H groups in total. The highest BCUT2D eigenvalue weighted by atomic mass is 35.5. The lowest BCUT2D eigenvalue weighted by Gasteiger charge is -2.13. The van der Waals surface area contributed by atoms with Gasteiger partial charge < -0.3 is 0 Å². The molecule has 0 saturated heterocycles. The first-order valence-electron chi connectivity index (χ1n) is 6.87. The van der Waals surface area contributed by atoms with E-state index >= 15 is 0 Å². The summed E-state index contributed by atoms with van der Waals surface area (Å²) >= 11 is 6.26. The Morgan fingerprint density at radius 2 is 1.95 bits per heavy atom. The molecule has 2 aromatic carbocycles. The maximum atomic E-state index is 14.0. The second-order valence-corrected chi connectivity index (χ2v) is 5.97. The highest BCUT2D eigenvalue weighted by Gasteiger charge is 2.19. The maximum absolute atomic E-state index is 14.0. The fraction of sp³-hybridized carbons (Fsp3) is 0.235. The van der Waals surface area contributed by atoms with Crippen molar-refractivity contribution in [3.8, 4) is 5.69 Å². The van der Waals surface area contributed by atoms with Crippen LogP contribution in [0.3, 0.4) is 0 Å². The summed E-state index contributed by atoms with van der Waals surface area (Å²) in [5.41, 5.74) is 4.38. The summed E-state index contributed by atoms with van der Waals surface area (Å²) in [4.78, 5) is 4.41. The van der Waals surface area contributed by atoms with E-state index < -0.39 is 0 Å². The second kappa shape index (κ2) is 5.15. The van der Waals surface area contributed by atoms with Crippen LogP contribution in [0, 0.1) is 19.7 Å². The van der Waals surface area contributed by atoms with Crippen LogP contribution in [-0.4, -0.2) is 9.55 Å². The molecule has 4 heteroatoms. The van der Waals surface area contributed by atoms with E-state index in [9.17, 15) is 4.39 Å². The minimum absolute atomic E-state index is 0.308. The Morgan fingerprint density at radius 3 is 2.62 bits per heavy atom. The van der Waals surface area contributed by atoms with Crippen LogP contribution in [0.15, 0.2) is 36.4 Å². The lowest BCUT2D eigenvalue weighted by Crippen LogP contribution is -2.03. The van der Waals surface area contributed by atoms with Crippen molar-refractivity contribution in [2.75, 3.05) is 0 Å². The summed E-state index contributed by atoms with van der Waals surface area (Å²) in [6, 6.07) is 11.2. The summed E-state index contributed by atoms with van der Waals surface area (Å²) in [6.45, 7) is 5.93. The van der Waals surface area contributed by atoms with Gasteiger partial charge in [0.2, 0.25) is 0 Å². The van der Waals surface area contributed by atoms with Crippen LogP contribution in [-0.2, 0) is 0 Å². The molecule has 0 saturated carbocycles. The number of halogens is 2. The van der Waals surface area contributed by atoms with Gasteiger partial charge in [-0.15, -0.1) is 11.6 Å². The molecule has 0 aliphatic carbocycles. The van der Waals surface area contributed by atoms with Crippen molar-refractivity contribution in [1.29, 1.82) is 0 Å². The van der Waals surface area contributed by atoms with Crippen molar-refractivity contribution in [3.63, 3.8) is 0 Å². The topological polar surface area (TPSA) is 17.8 Å². The molecule has 2 nitrogen and oxygen atoms in total. The fourth-order valence-electron chi connectivity index (χ4n) is 2.66. The van der Waals surface area contributed by atoms with E-state index in [-0.39, 0.29) is 11.2 Å². The largest absolute Gasteiger partial charge is 0.295 e. The summed E-state index contributed by atoms with van der Waals surface area (Å²) in [5.74, 6) is 0.332. The highest BCUT2D eigenvalue weighted by molar-refractivity contribution is 6.20. The summed E-state index contributed by atoms with van der Waals surface area (Å²) < 4.78 is 16.0. The maximum Gasteiger partial charge on any atom is 0.151 e. The minimum Gasteiger partial charge on any atom is -0.295 e. The standard InChI is InChI=1S/C17H16ClFN2/c1-10-7-8-14(11(2)9-10)21-15-6-4-5-13(19)16(15)20-17(21)12(3)18/h4-9,12H,1-3H3. The zero-order valence-corrected chi connectivity index (χ0v) is 12.9. The van der Waals surface area contributed by atoms with Gasteiger partial charge in [-0.25, -0.2) is 9.37 Å². The van der Waals surface area contributed by atoms with E-state index in [0.717, 1.165) is 16.8 Å². The molecule has 21 heavy (non-hydrogen) atoms. The molecule has 0 bridgehead atoms. The van der Waals surface area contributed by atoms with Gasteiger partial charge in [0.05, 0.1) is 16.6 Å². The Hall–Kier alpha value is -1.87. The van der Waals surface area contributed by atoms with Crippen molar-refractivity contribution < 1.29 is 4.39 Å². The quantitative estimate of drug-likeness (QED) is 0.604. The Morgan fingerprint density at radius 1 is 1.19 bits per heavy atom. The van der Waals surface area contributed by atoms with Gasteiger partial charge in [0, 0.05) is 0 Å². The number of aryl methyl sites for hydroxylation is 2. The highest BCUT2D eigenvalue weighted by Crippen LogP contribution is 2.30. The van der Waals surface area contributed by atoms with Gasteiger partial charge in [0.15, 0.2) is 5.82 Å². The molecule has 1 atom stereocenters. The van der Waals surface area contributed by atoms with Crippen molar-refractivity contribution in [2.45, 2.75) is 26.1 Å². The molecule has 0 spiro atoms. The van der Waals surface area contributed by atoms with E-state index in [0.29, 0.717) is 11.3 Å². The average Bonchev–Trinajstić information content (AvgIpc) is 2.80. The lowest BCUT2D eigenvalue weighted by atomic mass is 10.1. The van der Waals surface area contributed by atoms with Gasteiger partial charge >= 0.3 is 0 Å². The number of benzene rings is 2. The molecule has 1 heterocycles. The van der Waals surface area contributed by atoms with E-state index in [4.69, 9.17) is 11.6 Å². The molecule has 0 aliphatic rings. The van der Waals surface area contributed by atoms with Crippen molar-refractivity contribution in [2.24, 2.45) is 0 Å². The van der Waals surface area contributed by atoms with Crippen LogP contribution < -0.4 is 0 Å². The van der Waals surface area contributed by atoms with Gasteiger partial charge in [-0.05, 0) is 44.5 Å². The van der Waals surface area contributed by atoms with E-state index in [1.165, 1.54) is 11.6 Å². The zero-order chi connectivity index (χ0) is 15.1. The molecule has 0 radical (unpaired) electrons. The van der Waals surface area contributed by atoms with Crippen LogP contribution in [0.1, 0.15) is 29.3 Å². The summed E-state index contributed by atoms with van der Waals surface area (Å²) in [6.07, 6.45) is 0. The average molecular weight is 303 g/mol. The Balaban J connectivity index is 2.39. The molecule has 0 amide bonds. The monoisotopic (exact) mass is 302 g/mol. The van der Waals surface area contributed by atoms with Gasteiger partial charge in [-0.2, -0.15) is 0 Å². The minimum atomic E-state index is -0.324. The number of fused-ring (bicyclic) bond motifs is 1. The number of alkyl halides is 1.